The molecule has 0 spiro atoms. The summed E-state index contributed by atoms with van der Waals surface area (Å²) in [4.78, 5) is 0. The minimum absolute atomic E-state index is 0.0929. The first-order valence-corrected chi connectivity index (χ1v) is 9.54. The Kier molecular flexibility index (Phi) is 8.35. The average molecular weight is 343 g/mol. The highest BCUT2D eigenvalue weighted by Crippen LogP contribution is 2.50. The van der Waals surface area contributed by atoms with Crippen molar-refractivity contribution in [3.8, 4) is 0 Å². The van der Waals surface area contributed by atoms with Crippen molar-refractivity contribution in [1.29, 1.82) is 0 Å². The molecule has 0 heterocycles. The van der Waals surface area contributed by atoms with E-state index in [9.17, 15) is 4.39 Å². The molecule has 0 radical (unpaired) electrons. The quantitative estimate of drug-likeness (QED) is 0.311. The third kappa shape index (κ3) is 5.17. The normalized spacial score (nSPS) is 22.7. The molecule has 138 valence electrons. The largest absolute Gasteiger partial charge is 0.207 e. The molecule has 0 aromatic carbocycles. The first-order chi connectivity index (χ1) is 11.8. The molecular formula is C24H35F. The van der Waals surface area contributed by atoms with Crippen LogP contribution in [0.3, 0.4) is 0 Å². The van der Waals surface area contributed by atoms with E-state index in [0.717, 1.165) is 36.0 Å². The SMILES string of the molecule is C=C(/C=C\C=C/C)C1=C(F)C=C(C)CC1C(C)(C=CCC)C(C)CC. The van der Waals surface area contributed by atoms with Gasteiger partial charge in [0.05, 0.1) is 0 Å². The second-order valence-electron chi connectivity index (χ2n) is 7.41. The second-order valence-corrected chi connectivity index (χ2v) is 7.41. The molecule has 1 aliphatic rings. The Balaban J connectivity index is 3.43. The van der Waals surface area contributed by atoms with Crippen LogP contribution in [0.1, 0.15) is 60.8 Å². The van der Waals surface area contributed by atoms with E-state index in [-0.39, 0.29) is 17.2 Å². The van der Waals surface area contributed by atoms with Crippen LogP contribution in [0.25, 0.3) is 0 Å². The van der Waals surface area contributed by atoms with Crippen LogP contribution in [-0.4, -0.2) is 0 Å². The average Bonchev–Trinajstić information content (AvgIpc) is 2.58. The van der Waals surface area contributed by atoms with E-state index < -0.39 is 0 Å². The zero-order chi connectivity index (χ0) is 19.0. The van der Waals surface area contributed by atoms with Gasteiger partial charge in [0.15, 0.2) is 0 Å². The topological polar surface area (TPSA) is 0 Å². The van der Waals surface area contributed by atoms with Gasteiger partial charge >= 0.3 is 0 Å². The van der Waals surface area contributed by atoms with Gasteiger partial charge in [0.2, 0.25) is 0 Å². The third-order valence-electron chi connectivity index (χ3n) is 5.59. The molecule has 0 fully saturated rings. The maximum atomic E-state index is 15.0. The van der Waals surface area contributed by atoms with Gasteiger partial charge in [0.25, 0.3) is 0 Å². The fourth-order valence-electron chi connectivity index (χ4n) is 3.66. The Bertz CT molecular complexity index is 612. The molecule has 0 aromatic rings. The number of hydrogen-bond donors (Lipinski definition) is 0. The zero-order valence-corrected chi connectivity index (χ0v) is 16.9. The molecule has 0 saturated heterocycles. The number of hydrogen-bond acceptors (Lipinski definition) is 0. The summed E-state index contributed by atoms with van der Waals surface area (Å²) in [7, 11) is 0. The lowest BCUT2D eigenvalue weighted by Crippen LogP contribution is -2.35. The van der Waals surface area contributed by atoms with Crippen molar-refractivity contribution in [1.82, 2.24) is 0 Å². The van der Waals surface area contributed by atoms with Crippen molar-refractivity contribution >= 4 is 0 Å². The van der Waals surface area contributed by atoms with Crippen LogP contribution in [0.5, 0.6) is 0 Å². The van der Waals surface area contributed by atoms with Gasteiger partial charge in [-0.1, -0.05) is 82.7 Å². The number of allylic oxidation sites excluding steroid dienone is 11. The minimum atomic E-state index is -0.122. The summed E-state index contributed by atoms with van der Waals surface area (Å²) in [6.07, 6.45) is 17.0. The molecule has 0 amide bonds. The van der Waals surface area contributed by atoms with E-state index in [1.54, 1.807) is 6.08 Å². The van der Waals surface area contributed by atoms with Gasteiger partial charge in [0.1, 0.15) is 5.83 Å². The van der Waals surface area contributed by atoms with Gasteiger partial charge in [-0.15, -0.1) is 0 Å². The van der Waals surface area contributed by atoms with Crippen molar-refractivity contribution in [2.24, 2.45) is 17.3 Å². The maximum absolute atomic E-state index is 15.0. The van der Waals surface area contributed by atoms with Crippen molar-refractivity contribution < 1.29 is 4.39 Å². The Hall–Kier alpha value is -1.63. The van der Waals surface area contributed by atoms with Gasteiger partial charge in [-0.2, -0.15) is 0 Å². The van der Waals surface area contributed by atoms with Crippen LogP contribution in [0.4, 0.5) is 4.39 Å². The van der Waals surface area contributed by atoms with Gasteiger partial charge in [0, 0.05) is 5.92 Å². The van der Waals surface area contributed by atoms with Crippen molar-refractivity contribution in [3.63, 3.8) is 0 Å². The molecule has 0 N–H and O–H groups in total. The highest BCUT2D eigenvalue weighted by atomic mass is 19.1. The molecule has 25 heavy (non-hydrogen) atoms. The molecule has 0 aliphatic heterocycles. The standard InChI is InChI=1S/C24H35F/c1-8-11-13-14-19(5)23-21(16-18(4)17-22(23)25)24(7,15-12-9-2)20(6)10-3/h8,11-15,17,20-21H,5,9-10,16H2,1-4,6-7H3/b11-8-,14-13-,15-12?. The highest BCUT2D eigenvalue weighted by Gasteiger charge is 2.41. The van der Waals surface area contributed by atoms with Gasteiger partial charge in [-0.3, -0.25) is 0 Å². The molecule has 0 bridgehead atoms. The van der Waals surface area contributed by atoms with Crippen LogP contribution in [-0.2, 0) is 0 Å². The molecule has 3 unspecified atom stereocenters. The summed E-state index contributed by atoms with van der Waals surface area (Å²) in [5.41, 5.74) is 2.57. The second kappa shape index (κ2) is 9.75. The Morgan fingerprint density at radius 3 is 2.64 bits per heavy atom. The van der Waals surface area contributed by atoms with Crippen molar-refractivity contribution in [2.45, 2.75) is 60.8 Å². The summed E-state index contributed by atoms with van der Waals surface area (Å²) >= 11 is 0. The van der Waals surface area contributed by atoms with Gasteiger partial charge in [-0.25, -0.2) is 4.39 Å². The summed E-state index contributed by atoms with van der Waals surface area (Å²) in [6, 6.07) is 0. The predicted octanol–water partition coefficient (Wildman–Crippen LogP) is 7.88. The third-order valence-corrected chi connectivity index (χ3v) is 5.59. The Labute approximate surface area is 154 Å². The van der Waals surface area contributed by atoms with E-state index >= 15 is 0 Å². The van der Waals surface area contributed by atoms with Crippen molar-refractivity contribution in [3.05, 3.63) is 71.7 Å². The fourth-order valence-corrected chi connectivity index (χ4v) is 3.66. The highest BCUT2D eigenvalue weighted by molar-refractivity contribution is 5.49. The molecular weight excluding hydrogens is 307 g/mol. The van der Waals surface area contributed by atoms with Crippen LogP contribution in [0.15, 0.2) is 71.7 Å². The fraction of sp³-hybridized carbons (Fsp3) is 0.500. The molecule has 1 aliphatic carbocycles. The predicted molar refractivity (Wildman–Crippen MR) is 110 cm³/mol. The van der Waals surface area contributed by atoms with E-state index in [1.807, 2.05) is 38.2 Å². The zero-order valence-electron chi connectivity index (χ0n) is 16.9. The molecule has 0 aromatic heterocycles. The first-order valence-electron chi connectivity index (χ1n) is 9.54. The van der Waals surface area contributed by atoms with E-state index in [2.05, 4.69) is 46.4 Å². The molecule has 0 saturated carbocycles. The van der Waals surface area contributed by atoms with Crippen LogP contribution in [0.2, 0.25) is 0 Å². The molecule has 0 nitrogen and oxygen atoms in total. The van der Waals surface area contributed by atoms with E-state index in [4.69, 9.17) is 0 Å². The maximum Gasteiger partial charge on any atom is 0.127 e. The van der Waals surface area contributed by atoms with Gasteiger partial charge in [-0.05, 0) is 55.2 Å². The Morgan fingerprint density at radius 2 is 2.08 bits per heavy atom. The molecule has 3 atom stereocenters. The summed E-state index contributed by atoms with van der Waals surface area (Å²) in [5, 5.41) is 0. The summed E-state index contributed by atoms with van der Waals surface area (Å²) in [6.45, 7) is 17.1. The number of halogens is 1. The first kappa shape index (κ1) is 21.4. The summed E-state index contributed by atoms with van der Waals surface area (Å²) in [5.74, 6) is 0.447. The molecule has 1 heteroatoms. The van der Waals surface area contributed by atoms with E-state index in [1.165, 1.54) is 0 Å². The lowest BCUT2D eigenvalue weighted by atomic mass is 9.61. The lowest BCUT2D eigenvalue weighted by Gasteiger charge is -2.43. The van der Waals surface area contributed by atoms with Crippen LogP contribution < -0.4 is 0 Å². The van der Waals surface area contributed by atoms with Gasteiger partial charge < -0.3 is 0 Å². The molecule has 1 rings (SSSR count). The number of rotatable bonds is 8. The van der Waals surface area contributed by atoms with Crippen molar-refractivity contribution in [2.75, 3.05) is 0 Å². The van der Waals surface area contributed by atoms with E-state index in [0.29, 0.717) is 5.92 Å². The van der Waals surface area contributed by atoms with Crippen LogP contribution in [0, 0.1) is 17.3 Å². The Morgan fingerprint density at radius 1 is 1.40 bits per heavy atom. The smallest absolute Gasteiger partial charge is 0.127 e. The lowest BCUT2D eigenvalue weighted by molar-refractivity contribution is 0.181. The monoisotopic (exact) mass is 342 g/mol. The summed E-state index contributed by atoms with van der Waals surface area (Å²) < 4.78 is 15.0. The van der Waals surface area contributed by atoms with Crippen LogP contribution >= 0.6 is 0 Å². The minimum Gasteiger partial charge on any atom is -0.207 e.